The molecule has 0 aromatic heterocycles. The van der Waals surface area contributed by atoms with Crippen molar-refractivity contribution in [3.05, 3.63) is 0 Å². The largest absolute Gasteiger partial charge is 0.349 e. The Balaban J connectivity index is 3.79. The maximum absolute atomic E-state index is 11.7. The third-order valence-corrected chi connectivity index (χ3v) is 2.74. The maximum Gasteiger partial charge on any atom is 0.204 e. The van der Waals surface area contributed by atoms with Gasteiger partial charge in [-0.1, -0.05) is 0 Å². The molecule has 0 aliphatic carbocycles. The zero-order valence-corrected chi connectivity index (χ0v) is 12.3. The number of ether oxygens (including phenoxy) is 1. The first-order chi connectivity index (χ1) is 7.84. The van der Waals surface area contributed by atoms with Crippen molar-refractivity contribution >= 4 is 0 Å². The smallest absolute Gasteiger partial charge is 0.204 e. The molecule has 0 aromatic carbocycles. The van der Waals surface area contributed by atoms with Crippen LogP contribution in [0.2, 0.25) is 0 Å². The van der Waals surface area contributed by atoms with Crippen LogP contribution in [0.25, 0.3) is 0 Å². The van der Waals surface area contributed by atoms with Gasteiger partial charge in [0.25, 0.3) is 0 Å². The minimum atomic E-state index is -0.929. The fourth-order valence-corrected chi connectivity index (χ4v) is 1.84. The van der Waals surface area contributed by atoms with Gasteiger partial charge in [-0.05, 0) is 54.8 Å². The van der Waals surface area contributed by atoms with E-state index in [0.717, 1.165) is 13.0 Å². The summed E-state index contributed by atoms with van der Waals surface area (Å²) >= 11 is 0. The van der Waals surface area contributed by atoms with Gasteiger partial charge in [0.1, 0.15) is 0 Å². The van der Waals surface area contributed by atoms with Gasteiger partial charge in [-0.2, -0.15) is 0 Å². The van der Waals surface area contributed by atoms with Gasteiger partial charge in [0.2, 0.25) is 6.29 Å². The summed E-state index contributed by atoms with van der Waals surface area (Å²) in [6.45, 7) is 10.4. The van der Waals surface area contributed by atoms with Gasteiger partial charge in [0.05, 0.1) is 13.2 Å². The van der Waals surface area contributed by atoms with Crippen molar-refractivity contribution in [3.8, 4) is 0 Å². The van der Waals surface area contributed by atoms with Gasteiger partial charge in [0, 0.05) is 12.1 Å². The van der Waals surface area contributed by atoms with Crippen LogP contribution in [0.5, 0.6) is 0 Å². The molecular weight excluding hydrogens is 216 g/mol. The summed E-state index contributed by atoms with van der Waals surface area (Å²) in [4.78, 5) is 4.27. The summed E-state index contributed by atoms with van der Waals surface area (Å²) in [5, 5.41) is 11.7. The molecule has 1 atom stereocenters. The molecule has 1 unspecified atom stereocenters. The Morgan fingerprint density at radius 3 is 2.00 bits per heavy atom. The third-order valence-electron chi connectivity index (χ3n) is 2.74. The quantitative estimate of drug-likeness (QED) is 0.459. The van der Waals surface area contributed by atoms with Gasteiger partial charge >= 0.3 is 0 Å². The lowest BCUT2D eigenvalue weighted by molar-refractivity contribution is -0.157. The molecule has 0 aromatic rings. The molecule has 0 saturated carbocycles. The van der Waals surface area contributed by atoms with Crippen molar-refractivity contribution in [1.29, 1.82) is 0 Å². The third kappa shape index (κ3) is 8.55. The average Bonchev–Trinajstić information content (AvgIpc) is 2.19. The van der Waals surface area contributed by atoms with E-state index in [1.54, 1.807) is 0 Å². The highest BCUT2D eigenvalue weighted by molar-refractivity contribution is 4.68. The Labute approximate surface area is 107 Å². The molecular formula is C13H29N2O2. The molecule has 0 bridgehead atoms. The van der Waals surface area contributed by atoms with Crippen LogP contribution in [0, 0.1) is 0 Å². The fraction of sp³-hybridized carbons (Fsp3) is 1.00. The first-order valence-corrected chi connectivity index (χ1v) is 6.52. The molecule has 1 radical (unpaired) electrons. The summed E-state index contributed by atoms with van der Waals surface area (Å²) in [5.41, 5.74) is 0. The van der Waals surface area contributed by atoms with Crippen LogP contribution >= 0.6 is 0 Å². The van der Waals surface area contributed by atoms with Crippen molar-refractivity contribution in [1.82, 2.24) is 9.80 Å². The molecule has 0 spiro atoms. The molecule has 4 heteroatoms. The molecule has 0 fully saturated rings. The van der Waals surface area contributed by atoms with E-state index < -0.39 is 6.29 Å². The van der Waals surface area contributed by atoms with Gasteiger partial charge in [-0.15, -0.1) is 0 Å². The summed E-state index contributed by atoms with van der Waals surface area (Å²) in [6.07, 6.45) is -0.0169. The molecule has 0 heterocycles. The van der Waals surface area contributed by atoms with E-state index in [2.05, 4.69) is 37.5 Å². The van der Waals surface area contributed by atoms with Gasteiger partial charge in [-0.3, -0.25) is 4.90 Å². The Morgan fingerprint density at radius 1 is 1.06 bits per heavy atom. The molecule has 17 heavy (non-hydrogen) atoms. The molecule has 0 saturated heterocycles. The van der Waals surface area contributed by atoms with Crippen LogP contribution in [0.15, 0.2) is 0 Å². The van der Waals surface area contributed by atoms with E-state index in [0.29, 0.717) is 25.2 Å². The van der Waals surface area contributed by atoms with Crippen LogP contribution in [0.1, 0.15) is 34.1 Å². The first kappa shape index (κ1) is 16.8. The molecule has 0 amide bonds. The topological polar surface area (TPSA) is 35.6 Å². The number of nitrogens with zero attached hydrogens (tertiary/aromatic N) is 2. The predicted molar refractivity (Wildman–Crippen MR) is 70.6 cm³/mol. The molecule has 103 valence electrons. The van der Waals surface area contributed by atoms with Crippen LogP contribution < -0.4 is 0 Å². The molecule has 0 aliphatic rings. The van der Waals surface area contributed by atoms with Crippen molar-refractivity contribution in [2.45, 2.75) is 52.5 Å². The number of hydrogen-bond donors (Lipinski definition) is 0. The van der Waals surface area contributed by atoms with Crippen molar-refractivity contribution in [2.24, 2.45) is 0 Å². The second-order valence-corrected chi connectivity index (χ2v) is 5.34. The summed E-state index contributed by atoms with van der Waals surface area (Å²) in [6, 6.07) is 0.772. The molecule has 0 N–H and O–H groups in total. The Morgan fingerprint density at radius 2 is 1.59 bits per heavy atom. The monoisotopic (exact) mass is 245 g/mol. The average molecular weight is 245 g/mol. The zero-order valence-electron chi connectivity index (χ0n) is 12.3. The van der Waals surface area contributed by atoms with Crippen LogP contribution in [0.4, 0.5) is 0 Å². The van der Waals surface area contributed by atoms with Gasteiger partial charge in [0.15, 0.2) is 0 Å². The van der Waals surface area contributed by atoms with Crippen molar-refractivity contribution < 1.29 is 9.84 Å². The first-order valence-electron chi connectivity index (χ1n) is 6.52. The summed E-state index contributed by atoms with van der Waals surface area (Å²) in [7, 11) is 4.04. The Bertz CT molecular complexity index is 176. The van der Waals surface area contributed by atoms with Crippen molar-refractivity contribution in [3.63, 3.8) is 0 Å². The van der Waals surface area contributed by atoms with E-state index in [4.69, 9.17) is 4.74 Å². The van der Waals surface area contributed by atoms with Crippen molar-refractivity contribution in [2.75, 3.05) is 33.8 Å². The van der Waals surface area contributed by atoms with Gasteiger partial charge in [-0.25, -0.2) is 5.11 Å². The van der Waals surface area contributed by atoms with E-state index >= 15 is 0 Å². The van der Waals surface area contributed by atoms with E-state index in [9.17, 15) is 5.11 Å². The minimum Gasteiger partial charge on any atom is -0.349 e. The second-order valence-electron chi connectivity index (χ2n) is 5.34. The highest BCUT2D eigenvalue weighted by Crippen LogP contribution is 2.07. The van der Waals surface area contributed by atoms with Crippen LogP contribution in [-0.2, 0) is 9.84 Å². The second kappa shape index (κ2) is 8.86. The predicted octanol–water partition coefficient (Wildman–Crippen LogP) is 1.83. The van der Waals surface area contributed by atoms with Gasteiger partial charge < -0.3 is 9.64 Å². The SMILES string of the molecule is CC(C)N(CC([O])OCCCN(C)C)C(C)C. The lowest BCUT2D eigenvalue weighted by Gasteiger charge is -2.31. The van der Waals surface area contributed by atoms with Crippen LogP contribution in [-0.4, -0.2) is 62.0 Å². The highest BCUT2D eigenvalue weighted by Gasteiger charge is 2.18. The lowest BCUT2D eigenvalue weighted by Crippen LogP contribution is -2.42. The number of hydrogen-bond acceptors (Lipinski definition) is 3. The van der Waals surface area contributed by atoms with Crippen LogP contribution in [0.3, 0.4) is 0 Å². The highest BCUT2D eigenvalue weighted by atomic mass is 16.6. The standard InChI is InChI=1S/C13H29N2O2/c1-11(2)15(12(3)4)10-13(16)17-9-7-8-14(5)6/h11-13H,7-10H2,1-6H3. The molecule has 4 nitrogen and oxygen atoms in total. The van der Waals surface area contributed by atoms with E-state index in [1.165, 1.54) is 0 Å². The van der Waals surface area contributed by atoms with E-state index in [-0.39, 0.29) is 0 Å². The minimum absolute atomic E-state index is 0.386. The lowest BCUT2D eigenvalue weighted by atomic mass is 10.2. The Kier molecular flexibility index (Phi) is 8.78. The Hall–Kier alpha value is -0.160. The maximum atomic E-state index is 11.7. The van der Waals surface area contributed by atoms with E-state index in [1.807, 2.05) is 14.1 Å². The fourth-order valence-electron chi connectivity index (χ4n) is 1.84. The number of rotatable bonds is 9. The zero-order chi connectivity index (χ0) is 13.4. The molecule has 0 aliphatic heterocycles. The summed E-state index contributed by atoms with van der Waals surface area (Å²) in [5.74, 6) is 0. The molecule has 0 rings (SSSR count). The normalized spacial score (nSPS) is 14.3. The summed E-state index contributed by atoms with van der Waals surface area (Å²) < 4.78 is 5.30.